The third kappa shape index (κ3) is 1.57. The van der Waals surface area contributed by atoms with Crippen LogP contribution in [0.25, 0.3) is 11.1 Å². The Morgan fingerprint density at radius 1 is 1.50 bits per heavy atom. The molecule has 0 atom stereocenters. The van der Waals surface area contributed by atoms with Crippen LogP contribution < -0.4 is 4.74 Å². The van der Waals surface area contributed by atoms with Crippen molar-refractivity contribution in [2.75, 3.05) is 12.9 Å². The lowest BCUT2D eigenvalue weighted by molar-refractivity contribution is 0.335. The number of hydrogen-bond acceptors (Lipinski definition) is 4. The number of aromatic nitrogens is 1. The molecule has 0 unspecified atom stereocenters. The maximum Gasteiger partial charge on any atom is 0.256 e. The molecule has 0 aliphatic rings. The Kier molecular flexibility index (Phi) is 2.63. The summed E-state index contributed by atoms with van der Waals surface area (Å²) in [5.74, 6) is 0.762. The summed E-state index contributed by atoms with van der Waals surface area (Å²) in [7, 11) is 0. The Morgan fingerprint density at radius 2 is 2.36 bits per heavy atom. The van der Waals surface area contributed by atoms with Gasteiger partial charge in [0, 0.05) is 0 Å². The zero-order valence-corrected chi connectivity index (χ0v) is 8.93. The molecule has 0 saturated heterocycles. The van der Waals surface area contributed by atoms with Gasteiger partial charge in [-0.2, -0.15) is 0 Å². The molecule has 74 valence electrons. The molecule has 0 radical (unpaired) electrons. The van der Waals surface area contributed by atoms with Crippen LogP contribution in [0.1, 0.15) is 6.92 Å². The van der Waals surface area contributed by atoms with E-state index in [9.17, 15) is 0 Å². The molecule has 0 saturated carbocycles. The Labute approximate surface area is 86.5 Å². The van der Waals surface area contributed by atoms with Crippen LogP contribution in [0.15, 0.2) is 27.8 Å². The molecule has 0 aliphatic heterocycles. The molecule has 2 aromatic rings. The number of ether oxygens (including phenoxy) is 1. The van der Waals surface area contributed by atoms with Gasteiger partial charge in [-0.25, -0.2) is 4.98 Å². The zero-order chi connectivity index (χ0) is 9.97. The molecule has 0 spiro atoms. The van der Waals surface area contributed by atoms with E-state index in [2.05, 4.69) is 4.98 Å². The summed E-state index contributed by atoms with van der Waals surface area (Å²) < 4.78 is 11.0. The van der Waals surface area contributed by atoms with Gasteiger partial charge in [-0.05, 0) is 25.3 Å². The lowest BCUT2D eigenvalue weighted by atomic mass is 10.3. The third-order valence-electron chi connectivity index (χ3n) is 1.83. The molecule has 1 heterocycles. The molecule has 1 aromatic carbocycles. The van der Waals surface area contributed by atoms with Crippen LogP contribution in [-0.4, -0.2) is 17.8 Å². The minimum atomic E-state index is 0.633. The molecule has 14 heavy (non-hydrogen) atoms. The van der Waals surface area contributed by atoms with Crippen molar-refractivity contribution < 1.29 is 9.15 Å². The highest BCUT2D eigenvalue weighted by Crippen LogP contribution is 2.29. The number of hydrogen-bond donors (Lipinski definition) is 0. The summed E-state index contributed by atoms with van der Waals surface area (Å²) in [4.78, 5) is 4.29. The number of oxazole rings is 1. The number of para-hydroxylation sites is 1. The molecule has 3 nitrogen and oxygen atoms in total. The summed E-state index contributed by atoms with van der Waals surface area (Å²) >= 11 is 1.49. The first-order valence-corrected chi connectivity index (χ1v) is 5.64. The number of benzene rings is 1. The van der Waals surface area contributed by atoms with Crippen LogP contribution in [0.3, 0.4) is 0 Å². The lowest BCUT2D eigenvalue weighted by Gasteiger charge is -2.01. The first-order chi connectivity index (χ1) is 6.85. The van der Waals surface area contributed by atoms with Gasteiger partial charge in [0.1, 0.15) is 5.52 Å². The van der Waals surface area contributed by atoms with Crippen molar-refractivity contribution >= 4 is 22.9 Å². The van der Waals surface area contributed by atoms with E-state index in [1.54, 1.807) is 0 Å². The predicted octanol–water partition coefficient (Wildman–Crippen LogP) is 2.95. The molecule has 0 N–H and O–H groups in total. The molecule has 1 aromatic heterocycles. The number of rotatable bonds is 3. The molecule has 0 bridgehead atoms. The topological polar surface area (TPSA) is 35.3 Å². The fourth-order valence-corrected chi connectivity index (χ4v) is 1.62. The van der Waals surface area contributed by atoms with Gasteiger partial charge < -0.3 is 9.15 Å². The second kappa shape index (κ2) is 3.92. The smallest absolute Gasteiger partial charge is 0.256 e. The van der Waals surface area contributed by atoms with Gasteiger partial charge in [-0.1, -0.05) is 17.8 Å². The van der Waals surface area contributed by atoms with Gasteiger partial charge in [-0.3, -0.25) is 0 Å². The van der Waals surface area contributed by atoms with Gasteiger partial charge in [0.15, 0.2) is 11.3 Å². The minimum Gasteiger partial charge on any atom is -0.490 e. The van der Waals surface area contributed by atoms with Gasteiger partial charge in [0.2, 0.25) is 0 Å². The Morgan fingerprint density at radius 3 is 3.07 bits per heavy atom. The van der Waals surface area contributed by atoms with Crippen molar-refractivity contribution in [2.45, 2.75) is 12.1 Å². The van der Waals surface area contributed by atoms with E-state index in [4.69, 9.17) is 9.15 Å². The summed E-state index contributed by atoms with van der Waals surface area (Å²) in [5.41, 5.74) is 1.58. The molecule has 0 fully saturated rings. The van der Waals surface area contributed by atoms with Gasteiger partial charge in [-0.15, -0.1) is 0 Å². The minimum absolute atomic E-state index is 0.633. The van der Waals surface area contributed by atoms with Crippen molar-refractivity contribution in [3.8, 4) is 5.75 Å². The van der Waals surface area contributed by atoms with Crippen molar-refractivity contribution in [2.24, 2.45) is 0 Å². The Bertz CT molecular complexity index is 439. The lowest BCUT2D eigenvalue weighted by Crippen LogP contribution is -1.90. The SMILES string of the molecule is CCOc1cccc2nc(SC)oc12. The van der Waals surface area contributed by atoms with E-state index < -0.39 is 0 Å². The first-order valence-electron chi connectivity index (χ1n) is 4.41. The Balaban J connectivity index is 2.55. The fraction of sp³-hybridized carbons (Fsp3) is 0.300. The van der Waals surface area contributed by atoms with E-state index in [0.29, 0.717) is 11.8 Å². The summed E-state index contributed by atoms with van der Waals surface area (Å²) in [6.07, 6.45) is 1.94. The fourth-order valence-electron chi connectivity index (χ4n) is 1.26. The standard InChI is InChI=1S/C10H11NO2S/c1-3-12-8-6-4-5-7-9(8)13-10(11-7)14-2/h4-6H,3H2,1-2H3. The van der Waals surface area contributed by atoms with E-state index in [-0.39, 0.29) is 0 Å². The van der Waals surface area contributed by atoms with Crippen LogP contribution in [0.4, 0.5) is 0 Å². The van der Waals surface area contributed by atoms with Crippen LogP contribution in [0, 0.1) is 0 Å². The van der Waals surface area contributed by atoms with Crippen molar-refractivity contribution in [3.63, 3.8) is 0 Å². The normalized spacial score (nSPS) is 10.7. The van der Waals surface area contributed by atoms with E-state index in [1.165, 1.54) is 11.8 Å². The number of nitrogens with zero attached hydrogens (tertiary/aromatic N) is 1. The highest BCUT2D eigenvalue weighted by molar-refractivity contribution is 7.98. The van der Waals surface area contributed by atoms with Crippen LogP contribution in [-0.2, 0) is 0 Å². The van der Waals surface area contributed by atoms with E-state index in [0.717, 1.165) is 16.8 Å². The first kappa shape index (κ1) is 9.40. The molecular formula is C10H11NO2S. The molecule has 4 heteroatoms. The predicted molar refractivity (Wildman–Crippen MR) is 57.0 cm³/mol. The average molecular weight is 209 g/mol. The van der Waals surface area contributed by atoms with Crippen molar-refractivity contribution in [1.29, 1.82) is 0 Å². The van der Waals surface area contributed by atoms with E-state index in [1.807, 2.05) is 31.4 Å². The molecular weight excluding hydrogens is 198 g/mol. The Hall–Kier alpha value is -1.16. The molecule has 0 aliphatic carbocycles. The zero-order valence-electron chi connectivity index (χ0n) is 8.11. The second-order valence-corrected chi connectivity index (χ2v) is 3.48. The van der Waals surface area contributed by atoms with Crippen LogP contribution in [0.5, 0.6) is 5.75 Å². The van der Waals surface area contributed by atoms with Crippen LogP contribution in [0.2, 0.25) is 0 Å². The monoisotopic (exact) mass is 209 g/mol. The van der Waals surface area contributed by atoms with Crippen molar-refractivity contribution in [3.05, 3.63) is 18.2 Å². The largest absolute Gasteiger partial charge is 0.490 e. The van der Waals surface area contributed by atoms with E-state index >= 15 is 0 Å². The number of thioether (sulfide) groups is 1. The maximum atomic E-state index is 5.53. The van der Waals surface area contributed by atoms with Crippen LogP contribution >= 0.6 is 11.8 Å². The summed E-state index contributed by atoms with van der Waals surface area (Å²) in [6, 6.07) is 5.72. The van der Waals surface area contributed by atoms with Gasteiger partial charge in [0.25, 0.3) is 5.22 Å². The maximum absolute atomic E-state index is 5.53. The highest BCUT2D eigenvalue weighted by atomic mass is 32.2. The average Bonchev–Trinajstić information content (AvgIpc) is 2.62. The quantitative estimate of drug-likeness (QED) is 0.728. The van der Waals surface area contributed by atoms with Gasteiger partial charge >= 0.3 is 0 Å². The highest BCUT2D eigenvalue weighted by Gasteiger charge is 2.09. The molecule has 2 rings (SSSR count). The van der Waals surface area contributed by atoms with Crippen molar-refractivity contribution in [1.82, 2.24) is 4.98 Å². The molecule has 0 amide bonds. The summed E-state index contributed by atoms with van der Waals surface area (Å²) in [6.45, 7) is 2.58. The second-order valence-electron chi connectivity index (χ2n) is 2.72. The number of fused-ring (bicyclic) bond motifs is 1. The summed E-state index contributed by atoms with van der Waals surface area (Å²) in [5, 5.41) is 0.673. The van der Waals surface area contributed by atoms with Gasteiger partial charge in [0.05, 0.1) is 6.61 Å². The third-order valence-corrected chi connectivity index (χ3v) is 2.36.